The Labute approximate surface area is 121 Å². The number of nitrogens with zero attached hydrogens (tertiary/aromatic N) is 2. The largest absolute Gasteiger partial charge is 0.478 e. The summed E-state index contributed by atoms with van der Waals surface area (Å²) in [7, 11) is 0. The van der Waals surface area contributed by atoms with Gasteiger partial charge in [0.05, 0.1) is 16.7 Å². The van der Waals surface area contributed by atoms with Gasteiger partial charge in [-0.2, -0.15) is 0 Å². The van der Waals surface area contributed by atoms with Gasteiger partial charge in [0.25, 0.3) is 0 Å². The van der Waals surface area contributed by atoms with Crippen molar-refractivity contribution in [3.05, 3.63) is 56.8 Å². The number of nitro groups is 1. The van der Waals surface area contributed by atoms with Crippen LogP contribution >= 0.6 is 15.9 Å². The lowest BCUT2D eigenvalue weighted by molar-refractivity contribution is -0.385. The first kappa shape index (κ1) is 13.9. The van der Waals surface area contributed by atoms with Crippen molar-refractivity contribution in [1.82, 2.24) is 4.98 Å². The van der Waals surface area contributed by atoms with Gasteiger partial charge in [0.1, 0.15) is 5.75 Å². The highest BCUT2D eigenvalue weighted by atomic mass is 79.9. The third-order valence-corrected chi connectivity index (χ3v) is 2.80. The Morgan fingerprint density at radius 1 is 1.35 bits per heavy atom. The molecular formula is C12H7BrN2O5. The highest BCUT2D eigenvalue weighted by Gasteiger charge is 2.16. The number of hydrogen-bond donors (Lipinski definition) is 1. The number of hydrogen-bond acceptors (Lipinski definition) is 5. The predicted octanol–water partition coefficient (Wildman–Crippen LogP) is 3.24. The summed E-state index contributed by atoms with van der Waals surface area (Å²) in [5.74, 6) is -1.06. The number of carbonyl (C=O) groups is 1. The van der Waals surface area contributed by atoms with Crippen LogP contribution in [0.4, 0.5) is 5.69 Å². The molecule has 0 fully saturated rings. The molecule has 0 radical (unpaired) electrons. The van der Waals surface area contributed by atoms with Crippen LogP contribution < -0.4 is 4.74 Å². The average molecular weight is 339 g/mol. The fourth-order valence-electron chi connectivity index (χ4n) is 1.44. The Hall–Kier alpha value is -2.48. The summed E-state index contributed by atoms with van der Waals surface area (Å²) in [6.07, 6.45) is 2.43. The van der Waals surface area contributed by atoms with Gasteiger partial charge in [-0.1, -0.05) is 15.9 Å². The van der Waals surface area contributed by atoms with E-state index in [1.54, 1.807) is 0 Å². The molecule has 0 amide bonds. The molecule has 1 heterocycles. The molecule has 0 aliphatic carbocycles. The number of carboxylic acids is 1. The van der Waals surface area contributed by atoms with Crippen LogP contribution in [0.2, 0.25) is 0 Å². The van der Waals surface area contributed by atoms with Crippen LogP contribution in [0.25, 0.3) is 0 Å². The molecule has 0 saturated heterocycles. The molecule has 2 aromatic rings. The lowest BCUT2D eigenvalue weighted by Gasteiger charge is -2.06. The molecule has 0 aliphatic heterocycles. The van der Waals surface area contributed by atoms with Crippen LogP contribution in [-0.4, -0.2) is 21.0 Å². The van der Waals surface area contributed by atoms with Crippen molar-refractivity contribution < 1.29 is 19.6 Å². The van der Waals surface area contributed by atoms with Crippen LogP contribution in [0.1, 0.15) is 10.4 Å². The normalized spacial score (nSPS) is 10.1. The van der Waals surface area contributed by atoms with E-state index in [2.05, 4.69) is 20.9 Å². The number of halogens is 1. The van der Waals surface area contributed by atoms with E-state index in [0.29, 0.717) is 4.47 Å². The van der Waals surface area contributed by atoms with Gasteiger partial charge in [-0.3, -0.25) is 15.1 Å². The number of aromatic nitrogens is 1. The third kappa shape index (κ3) is 3.09. The van der Waals surface area contributed by atoms with Crippen LogP contribution in [0.15, 0.2) is 41.1 Å². The maximum atomic E-state index is 10.9. The third-order valence-electron chi connectivity index (χ3n) is 2.31. The second kappa shape index (κ2) is 5.66. The minimum absolute atomic E-state index is 0.00582. The van der Waals surface area contributed by atoms with Gasteiger partial charge in [0, 0.05) is 22.8 Å². The molecule has 0 saturated carbocycles. The van der Waals surface area contributed by atoms with Crippen molar-refractivity contribution in [2.75, 3.05) is 0 Å². The van der Waals surface area contributed by atoms with E-state index < -0.39 is 10.9 Å². The molecule has 102 valence electrons. The van der Waals surface area contributed by atoms with Gasteiger partial charge in [-0.05, 0) is 12.1 Å². The first-order valence-electron chi connectivity index (χ1n) is 5.27. The first-order valence-corrected chi connectivity index (χ1v) is 6.07. The minimum Gasteiger partial charge on any atom is -0.478 e. The number of aromatic carboxylic acids is 1. The molecule has 2 rings (SSSR count). The Kier molecular flexibility index (Phi) is 3.94. The number of rotatable bonds is 4. The van der Waals surface area contributed by atoms with E-state index in [1.165, 1.54) is 30.5 Å². The number of pyridine rings is 1. The molecule has 8 heteroatoms. The number of carboxylic acid groups (broad SMARTS) is 1. The first-order chi connectivity index (χ1) is 9.47. The van der Waals surface area contributed by atoms with E-state index in [9.17, 15) is 14.9 Å². The van der Waals surface area contributed by atoms with Crippen molar-refractivity contribution in [1.29, 1.82) is 0 Å². The van der Waals surface area contributed by atoms with E-state index in [-0.39, 0.29) is 22.7 Å². The fraction of sp³-hybridized carbons (Fsp3) is 0. The smallest absolute Gasteiger partial charge is 0.337 e. The van der Waals surface area contributed by atoms with E-state index in [1.807, 2.05) is 0 Å². The highest BCUT2D eigenvalue weighted by Crippen LogP contribution is 2.33. The second-order valence-electron chi connectivity index (χ2n) is 3.69. The van der Waals surface area contributed by atoms with Crippen LogP contribution in [0.3, 0.4) is 0 Å². The summed E-state index contributed by atoms with van der Waals surface area (Å²) in [4.78, 5) is 24.8. The zero-order valence-corrected chi connectivity index (χ0v) is 11.4. The molecule has 7 nitrogen and oxygen atoms in total. The molecule has 1 N–H and O–H groups in total. The maximum absolute atomic E-state index is 10.9. The topological polar surface area (TPSA) is 103 Å². The molecule has 1 aromatic carbocycles. The quantitative estimate of drug-likeness (QED) is 0.678. The van der Waals surface area contributed by atoms with Gasteiger partial charge in [0.15, 0.2) is 0 Å². The molecule has 0 unspecified atom stereocenters. The monoisotopic (exact) mass is 338 g/mol. The Bertz CT molecular complexity index is 689. The van der Waals surface area contributed by atoms with Crippen molar-refractivity contribution in [2.24, 2.45) is 0 Å². The molecular weight excluding hydrogens is 332 g/mol. The fourth-order valence-corrected chi connectivity index (χ4v) is 1.78. The van der Waals surface area contributed by atoms with Crippen LogP contribution in [0, 0.1) is 10.1 Å². The number of nitro benzene ring substituents is 1. The number of ether oxygens (including phenoxy) is 1. The van der Waals surface area contributed by atoms with Crippen molar-refractivity contribution in [3.63, 3.8) is 0 Å². The second-order valence-corrected chi connectivity index (χ2v) is 4.60. The predicted molar refractivity (Wildman–Crippen MR) is 72.1 cm³/mol. The summed E-state index contributed by atoms with van der Waals surface area (Å²) >= 11 is 3.18. The average Bonchev–Trinajstić information content (AvgIpc) is 2.38. The Morgan fingerprint density at radius 2 is 2.10 bits per heavy atom. The molecule has 0 bridgehead atoms. The summed E-state index contributed by atoms with van der Waals surface area (Å²) in [5.41, 5.74) is -0.297. The van der Waals surface area contributed by atoms with Crippen molar-refractivity contribution >= 4 is 27.6 Å². The molecule has 0 atom stereocenters. The summed E-state index contributed by atoms with van der Waals surface area (Å²) < 4.78 is 5.94. The lowest BCUT2D eigenvalue weighted by atomic mass is 10.2. The summed E-state index contributed by atoms with van der Waals surface area (Å²) in [6, 6.07) is 5.45. The van der Waals surface area contributed by atoms with Gasteiger partial charge in [-0.25, -0.2) is 4.79 Å². The van der Waals surface area contributed by atoms with Crippen molar-refractivity contribution in [2.45, 2.75) is 0 Å². The minimum atomic E-state index is -1.16. The van der Waals surface area contributed by atoms with E-state index >= 15 is 0 Å². The van der Waals surface area contributed by atoms with Gasteiger partial charge in [-0.15, -0.1) is 0 Å². The zero-order chi connectivity index (χ0) is 14.7. The molecule has 0 spiro atoms. The Morgan fingerprint density at radius 3 is 2.75 bits per heavy atom. The molecule has 20 heavy (non-hydrogen) atoms. The lowest BCUT2D eigenvalue weighted by Crippen LogP contribution is -1.98. The highest BCUT2D eigenvalue weighted by molar-refractivity contribution is 9.10. The Balaban J connectivity index is 2.39. The maximum Gasteiger partial charge on any atom is 0.337 e. The van der Waals surface area contributed by atoms with E-state index in [4.69, 9.17) is 9.84 Å². The summed E-state index contributed by atoms with van der Waals surface area (Å²) in [6.45, 7) is 0. The van der Waals surface area contributed by atoms with Crippen molar-refractivity contribution in [3.8, 4) is 11.5 Å². The zero-order valence-electron chi connectivity index (χ0n) is 9.82. The summed E-state index contributed by atoms with van der Waals surface area (Å²) in [5, 5.41) is 19.7. The van der Waals surface area contributed by atoms with Crippen LogP contribution in [-0.2, 0) is 0 Å². The number of benzene rings is 1. The molecule has 1 aromatic heterocycles. The van der Waals surface area contributed by atoms with E-state index in [0.717, 1.165) is 6.20 Å². The van der Waals surface area contributed by atoms with Gasteiger partial charge >= 0.3 is 11.7 Å². The SMILES string of the molecule is O=C(O)c1cncc(Oc2cc(Br)ccc2[N+](=O)[O-])c1. The standard InChI is InChI=1S/C12H7BrN2O5/c13-8-1-2-10(15(18)19)11(4-8)20-9-3-7(12(16)17)5-14-6-9/h1-6H,(H,16,17). The van der Waals surface area contributed by atoms with Crippen LogP contribution in [0.5, 0.6) is 11.5 Å². The molecule has 0 aliphatic rings. The van der Waals surface area contributed by atoms with Gasteiger partial charge in [0.2, 0.25) is 5.75 Å². The van der Waals surface area contributed by atoms with Gasteiger partial charge < -0.3 is 9.84 Å².